The standard InChI is InChI=1S/C21H21BN6O/c1-12-19(22)21(25-11-24-12)28-5-6-29-18-4-3-14(7-16(18)10-28)15-8-17-20(23-9-15)27-13(2)26-17/h3-4,7-9,11H,5-6,10,22H2,1-2H3,(H,23,26,27). The number of imidazole rings is 1. The van der Waals surface area contributed by atoms with Crippen LogP contribution in [-0.2, 0) is 6.54 Å². The maximum Gasteiger partial charge on any atom is 0.177 e. The average Bonchev–Trinajstić information content (AvgIpc) is 2.96. The minimum atomic E-state index is 0.621. The Morgan fingerprint density at radius 1 is 1.10 bits per heavy atom. The van der Waals surface area contributed by atoms with Gasteiger partial charge in [0, 0.05) is 29.6 Å². The Kier molecular flexibility index (Phi) is 4.19. The molecule has 0 unspecified atom stereocenters. The number of pyridine rings is 1. The molecule has 1 N–H and O–H groups in total. The molecule has 0 atom stereocenters. The van der Waals surface area contributed by atoms with Gasteiger partial charge >= 0.3 is 0 Å². The largest absolute Gasteiger partial charge is 0.491 e. The van der Waals surface area contributed by atoms with E-state index in [9.17, 15) is 0 Å². The molecule has 0 saturated heterocycles. The number of aromatic nitrogens is 5. The number of nitrogens with zero attached hydrogens (tertiary/aromatic N) is 5. The summed E-state index contributed by atoms with van der Waals surface area (Å²) in [5.74, 6) is 2.76. The van der Waals surface area contributed by atoms with E-state index in [0.717, 1.165) is 69.5 Å². The molecule has 0 saturated carbocycles. The average molecular weight is 384 g/mol. The lowest BCUT2D eigenvalue weighted by Crippen LogP contribution is -2.32. The summed E-state index contributed by atoms with van der Waals surface area (Å²) in [4.78, 5) is 23.2. The first-order valence-corrected chi connectivity index (χ1v) is 9.70. The predicted molar refractivity (Wildman–Crippen MR) is 116 cm³/mol. The highest BCUT2D eigenvalue weighted by Gasteiger charge is 2.19. The zero-order chi connectivity index (χ0) is 20.0. The van der Waals surface area contributed by atoms with Crippen LogP contribution in [0, 0.1) is 13.8 Å². The highest BCUT2D eigenvalue weighted by molar-refractivity contribution is 6.36. The Morgan fingerprint density at radius 2 is 2.00 bits per heavy atom. The quantitative estimate of drug-likeness (QED) is 0.530. The van der Waals surface area contributed by atoms with Gasteiger partial charge in [0.2, 0.25) is 0 Å². The molecule has 7 nitrogen and oxygen atoms in total. The van der Waals surface area contributed by atoms with Crippen molar-refractivity contribution in [1.29, 1.82) is 0 Å². The summed E-state index contributed by atoms with van der Waals surface area (Å²) in [6, 6.07) is 8.41. The third-order valence-electron chi connectivity index (χ3n) is 5.44. The molecule has 1 aliphatic rings. The lowest BCUT2D eigenvalue weighted by atomic mass is 9.94. The number of benzene rings is 1. The summed E-state index contributed by atoms with van der Waals surface area (Å²) in [6.07, 6.45) is 3.51. The lowest BCUT2D eigenvalue weighted by molar-refractivity contribution is 0.331. The van der Waals surface area contributed by atoms with Crippen molar-refractivity contribution in [3.8, 4) is 16.9 Å². The minimum Gasteiger partial charge on any atom is -0.491 e. The van der Waals surface area contributed by atoms with Gasteiger partial charge in [0.25, 0.3) is 0 Å². The molecule has 0 fully saturated rings. The van der Waals surface area contributed by atoms with Crippen molar-refractivity contribution in [1.82, 2.24) is 24.9 Å². The molecule has 1 aliphatic heterocycles. The Labute approximate surface area is 169 Å². The van der Waals surface area contributed by atoms with Crippen LogP contribution in [0.3, 0.4) is 0 Å². The van der Waals surface area contributed by atoms with Gasteiger partial charge in [0.05, 0.1) is 12.1 Å². The van der Waals surface area contributed by atoms with Gasteiger partial charge in [-0.25, -0.2) is 19.9 Å². The summed E-state index contributed by atoms with van der Waals surface area (Å²) < 4.78 is 6.02. The number of aryl methyl sites for hydroxylation is 2. The van der Waals surface area contributed by atoms with E-state index in [1.54, 1.807) is 6.33 Å². The smallest absolute Gasteiger partial charge is 0.177 e. The SMILES string of the molecule is Bc1c(C)ncnc1N1CCOc2ccc(-c3cnc4nc(C)[nH]c4c3)cc2C1. The van der Waals surface area contributed by atoms with E-state index in [2.05, 4.69) is 61.9 Å². The number of H-pyrrole nitrogens is 1. The topological polar surface area (TPSA) is 79.8 Å². The Hall–Kier alpha value is -3.42. The molecule has 3 aromatic heterocycles. The minimum absolute atomic E-state index is 0.621. The van der Waals surface area contributed by atoms with Gasteiger partial charge in [0.1, 0.15) is 38.2 Å². The van der Waals surface area contributed by atoms with Crippen LogP contribution in [0.1, 0.15) is 17.1 Å². The molecule has 0 spiro atoms. The van der Waals surface area contributed by atoms with Gasteiger partial charge in [-0.15, -0.1) is 0 Å². The number of aromatic amines is 1. The van der Waals surface area contributed by atoms with Crippen LogP contribution in [-0.4, -0.2) is 45.9 Å². The first kappa shape index (κ1) is 17.7. The number of ether oxygens (including phenoxy) is 1. The van der Waals surface area contributed by atoms with Gasteiger partial charge in [-0.3, -0.25) is 0 Å². The fourth-order valence-electron chi connectivity index (χ4n) is 3.78. The van der Waals surface area contributed by atoms with Crippen LogP contribution in [0.5, 0.6) is 5.75 Å². The number of anilines is 1. The molecular formula is C21H21BN6O. The Balaban J connectivity index is 1.52. The summed E-state index contributed by atoms with van der Waals surface area (Å²) in [6.45, 7) is 6.09. The molecule has 0 radical (unpaired) electrons. The second kappa shape index (κ2) is 6.88. The molecule has 0 bridgehead atoms. The second-order valence-electron chi connectivity index (χ2n) is 7.42. The van der Waals surface area contributed by atoms with Crippen LogP contribution >= 0.6 is 0 Å². The van der Waals surface area contributed by atoms with E-state index in [4.69, 9.17) is 4.74 Å². The lowest BCUT2D eigenvalue weighted by Gasteiger charge is -2.23. The van der Waals surface area contributed by atoms with Crippen LogP contribution in [0.15, 0.2) is 36.8 Å². The van der Waals surface area contributed by atoms with Gasteiger partial charge in [-0.05, 0) is 43.1 Å². The molecule has 1 aromatic carbocycles. The fourth-order valence-corrected chi connectivity index (χ4v) is 3.78. The highest BCUT2D eigenvalue weighted by atomic mass is 16.5. The molecule has 4 aromatic rings. The van der Waals surface area contributed by atoms with Crippen molar-refractivity contribution in [3.05, 3.63) is 53.9 Å². The summed E-state index contributed by atoms with van der Waals surface area (Å²) in [5.41, 5.74) is 7.08. The van der Waals surface area contributed by atoms with E-state index >= 15 is 0 Å². The van der Waals surface area contributed by atoms with Gasteiger partial charge < -0.3 is 14.6 Å². The molecular weight excluding hydrogens is 363 g/mol. The van der Waals surface area contributed by atoms with E-state index in [-0.39, 0.29) is 0 Å². The summed E-state index contributed by atoms with van der Waals surface area (Å²) in [5, 5.41) is 0. The highest BCUT2D eigenvalue weighted by Crippen LogP contribution is 2.30. The van der Waals surface area contributed by atoms with Crippen molar-refractivity contribution in [2.45, 2.75) is 20.4 Å². The van der Waals surface area contributed by atoms with Crippen LogP contribution < -0.4 is 15.1 Å². The fraction of sp³-hybridized carbons (Fsp3) is 0.238. The summed E-state index contributed by atoms with van der Waals surface area (Å²) >= 11 is 0. The molecule has 0 aliphatic carbocycles. The Bertz CT molecular complexity index is 1220. The van der Waals surface area contributed by atoms with Crippen LogP contribution in [0.25, 0.3) is 22.3 Å². The van der Waals surface area contributed by atoms with Crippen LogP contribution in [0.4, 0.5) is 5.82 Å². The molecule has 144 valence electrons. The zero-order valence-electron chi connectivity index (χ0n) is 16.7. The monoisotopic (exact) mass is 384 g/mol. The zero-order valence-corrected chi connectivity index (χ0v) is 16.7. The molecule has 5 rings (SSSR count). The maximum absolute atomic E-state index is 6.02. The second-order valence-corrected chi connectivity index (χ2v) is 7.42. The van der Waals surface area contributed by atoms with Crippen molar-refractivity contribution in [3.63, 3.8) is 0 Å². The van der Waals surface area contributed by atoms with Crippen molar-refractivity contribution in [2.24, 2.45) is 0 Å². The normalized spacial score (nSPS) is 13.8. The number of fused-ring (bicyclic) bond motifs is 2. The van der Waals surface area contributed by atoms with Gasteiger partial charge in [0.15, 0.2) is 5.65 Å². The van der Waals surface area contributed by atoms with Gasteiger partial charge in [-0.2, -0.15) is 0 Å². The molecule has 4 heterocycles. The number of rotatable bonds is 2. The predicted octanol–water partition coefficient (Wildman–Crippen LogP) is 1.69. The maximum atomic E-state index is 6.02. The first-order chi connectivity index (χ1) is 14.1. The number of hydrogen-bond acceptors (Lipinski definition) is 6. The van der Waals surface area contributed by atoms with E-state index in [1.807, 2.05) is 20.0 Å². The third-order valence-corrected chi connectivity index (χ3v) is 5.44. The number of hydrogen-bond donors (Lipinski definition) is 1. The van der Waals surface area contributed by atoms with Crippen molar-refractivity contribution >= 4 is 30.3 Å². The van der Waals surface area contributed by atoms with E-state index in [0.29, 0.717) is 6.61 Å². The number of nitrogens with one attached hydrogen (secondary N) is 1. The first-order valence-electron chi connectivity index (χ1n) is 9.70. The third kappa shape index (κ3) is 3.20. The van der Waals surface area contributed by atoms with Gasteiger partial charge in [-0.1, -0.05) is 6.07 Å². The Morgan fingerprint density at radius 3 is 2.90 bits per heavy atom. The van der Waals surface area contributed by atoms with Crippen LogP contribution in [0.2, 0.25) is 0 Å². The summed E-state index contributed by atoms with van der Waals surface area (Å²) in [7, 11) is 2.07. The molecule has 29 heavy (non-hydrogen) atoms. The van der Waals surface area contributed by atoms with Crippen molar-refractivity contribution < 1.29 is 4.74 Å². The molecule has 8 heteroatoms. The van der Waals surface area contributed by atoms with E-state index in [1.165, 1.54) is 0 Å². The van der Waals surface area contributed by atoms with E-state index < -0.39 is 0 Å². The van der Waals surface area contributed by atoms with Crippen molar-refractivity contribution in [2.75, 3.05) is 18.1 Å². The molecule has 0 amide bonds.